The first-order valence-electron chi connectivity index (χ1n) is 6.75. The molecule has 2 atom stereocenters. The van der Waals surface area contributed by atoms with Crippen LogP contribution in [0.4, 0.5) is 0 Å². The van der Waals surface area contributed by atoms with Crippen molar-refractivity contribution in [3.8, 4) is 0 Å². The monoisotopic (exact) mass is 269 g/mol. The van der Waals surface area contributed by atoms with Crippen LogP contribution in [-0.4, -0.2) is 23.9 Å². The SMILES string of the molecule is COCC(C)(N)c1noc(CC(C)CC(C)(C)C)n1. The molecule has 0 saturated carbocycles. The molecule has 0 aromatic carbocycles. The minimum Gasteiger partial charge on any atom is -0.382 e. The van der Waals surface area contributed by atoms with Gasteiger partial charge in [-0.1, -0.05) is 32.9 Å². The molecule has 110 valence electrons. The lowest BCUT2D eigenvalue weighted by molar-refractivity contribution is 0.135. The largest absolute Gasteiger partial charge is 0.382 e. The van der Waals surface area contributed by atoms with E-state index in [0.717, 1.165) is 12.8 Å². The lowest BCUT2D eigenvalue weighted by Crippen LogP contribution is -2.39. The summed E-state index contributed by atoms with van der Waals surface area (Å²) >= 11 is 0. The fourth-order valence-electron chi connectivity index (χ4n) is 2.35. The Morgan fingerprint density at radius 2 is 1.95 bits per heavy atom. The predicted molar refractivity (Wildman–Crippen MR) is 74.7 cm³/mol. The van der Waals surface area contributed by atoms with Crippen molar-refractivity contribution in [2.24, 2.45) is 17.1 Å². The van der Waals surface area contributed by atoms with Crippen molar-refractivity contribution in [2.45, 2.75) is 53.0 Å². The molecule has 0 fully saturated rings. The molecule has 1 aromatic heterocycles. The summed E-state index contributed by atoms with van der Waals surface area (Å²) < 4.78 is 10.4. The highest BCUT2D eigenvalue weighted by Gasteiger charge is 2.28. The summed E-state index contributed by atoms with van der Waals surface area (Å²) in [6, 6.07) is 0. The summed E-state index contributed by atoms with van der Waals surface area (Å²) in [5, 5.41) is 3.96. The Kier molecular flexibility index (Phi) is 5.10. The van der Waals surface area contributed by atoms with E-state index in [4.69, 9.17) is 15.0 Å². The molecule has 1 aromatic rings. The third-order valence-electron chi connectivity index (χ3n) is 2.91. The molecule has 0 aliphatic heterocycles. The van der Waals surface area contributed by atoms with Crippen LogP contribution in [0.1, 0.15) is 52.8 Å². The van der Waals surface area contributed by atoms with Crippen LogP contribution in [0.3, 0.4) is 0 Å². The van der Waals surface area contributed by atoms with Gasteiger partial charge in [0.25, 0.3) is 0 Å². The van der Waals surface area contributed by atoms with Crippen molar-refractivity contribution < 1.29 is 9.26 Å². The van der Waals surface area contributed by atoms with Crippen molar-refractivity contribution in [1.82, 2.24) is 10.1 Å². The van der Waals surface area contributed by atoms with Crippen LogP contribution in [0.15, 0.2) is 4.52 Å². The first kappa shape index (κ1) is 16.1. The highest BCUT2D eigenvalue weighted by atomic mass is 16.5. The highest BCUT2D eigenvalue weighted by Crippen LogP contribution is 2.26. The zero-order valence-electron chi connectivity index (χ0n) is 13.0. The summed E-state index contributed by atoms with van der Waals surface area (Å²) in [7, 11) is 1.61. The van der Waals surface area contributed by atoms with Crippen molar-refractivity contribution in [3.63, 3.8) is 0 Å². The second kappa shape index (κ2) is 6.01. The molecular weight excluding hydrogens is 242 g/mol. The Labute approximate surface area is 115 Å². The number of aromatic nitrogens is 2. The topological polar surface area (TPSA) is 74.2 Å². The highest BCUT2D eigenvalue weighted by molar-refractivity contribution is 5.02. The normalized spacial score (nSPS) is 17.2. The molecule has 2 N–H and O–H groups in total. The van der Waals surface area contributed by atoms with Gasteiger partial charge in [0, 0.05) is 13.5 Å². The van der Waals surface area contributed by atoms with Crippen LogP contribution in [0, 0.1) is 11.3 Å². The summed E-state index contributed by atoms with van der Waals surface area (Å²) in [5.74, 6) is 1.66. The number of hydrogen-bond acceptors (Lipinski definition) is 5. The van der Waals surface area contributed by atoms with Crippen LogP contribution >= 0.6 is 0 Å². The molecule has 0 bridgehead atoms. The average molecular weight is 269 g/mol. The molecular formula is C14H27N3O2. The molecule has 0 saturated heterocycles. The zero-order valence-corrected chi connectivity index (χ0v) is 13.0. The lowest BCUT2D eigenvalue weighted by atomic mass is 9.84. The molecule has 1 heterocycles. The minimum atomic E-state index is -0.705. The van der Waals surface area contributed by atoms with Gasteiger partial charge in [0.15, 0.2) is 5.82 Å². The average Bonchev–Trinajstić information content (AvgIpc) is 2.63. The first-order valence-corrected chi connectivity index (χ1v) is 6.75. The first-order chi connectivity index (χ1) is 8.64. The molecule has 0 aliphatic rings. The number of methoxy groups -OCH3 is 1. The number of hydrogen-bond donors (Lipinski definition) is 1. The molecule has 0 aliphatic carbocycles. The van der Waals surface area contributed by atoms with Crippen molar-refractivity contribution in [2.75, 3.05) is 13.7 Å². The van der Waals surface area contributed by atoms with Crippen molar-refractivity contribution >= 4 is 0 Å². The minimum absolute atomic E-state index is 0.306. The van der Waals surface area contributed by atoms with Crippen molar-refractivity contribution in [1.29, 1.82) is 0 Å². The van der Waals surface area contributed by atoms with E-state index in [2.05, 4.69) is 37.8 Å². The van der Waals surface area contributed by atoms with Gasteiger partial charge in [-0.2, -0.15) is 4.98 Å². The molecule has 19 heavy (non-hydrogen) atoms. The van der Waals surface area contributed by atoms with E-state index in [-0.39, 0.29) is 0 Å². The molecule has 5 heteroatoms. The number of rotatable bonds is 6. The molecule has 0 amide bonds. The van der Waals surface area contributed by atoms with E-state index >= 15 is 0 Å². The second-order valence-electron chi connectivity index (χ2n) is 6.94. The maximum absolute atomic E-state index is 6.08. The predicted octanol–water partition coefficient (Wildman–Crippen LogP) is 2.50. The Morgan fingerprint density at radius 3 is 2.47 bits per heavy atom. The van der Waals surface area contributed by atoms with Gasteiger partial charge in [0.1, 0.15) is 5.54 Å². The van der Waals surface area contributed by atoms with Gasteiger partial charge in [-0.25, -0.2) is 0 Å². The summed E-state index contributed by atoms with van der Waals surface area (Å²) in [6.07, 6.45) is 1.90. The fraction of sp³-hybridized carbons (Fsp3) is 0.857. The third kappa shape index (κ3) is 5.28. The Morgan fingerprint density at radius 1 is 1.32 bits per heavy atom. The van der Waals surface area contributed by atoms with Gasteiger partial charge in [0.05, 0.1) is 6.61 Å². The summed E-state index contributed by atoms with van der Waals surface area (Å²) in [6.45, 7) is 11.1. The maximum Gasteiger partial charge on any atom is 0.226 e. The van der Waals surface area contributed by atoms with Crippen LogP contribution in [-0.2, 0) is 16.7 Å². The number of ether oxygens (including phenoxy) is 1. The summed E-state index contributed by atoms with van der Waals surface area (Å²) in [4.78, 5) is 4.39. The lowest BCUT2D eigenvalue weighted by Gasteiger charge is -2.22. The fourth-order valence-corrected chi connectivity index (χ4v) is 2.35. The van der Waals surface area contributed by atoms with Gasteiger partial charge >= 0.3 is 0 Å². The summed E-state index contributed by atoms with van der Waals surface area (Å²) in [5.41, 5.74) is 5.69. The molecule has 1 rings (SSSR count). The molecule has 0 spiro atoms. The second-order valence-corrected chi connectivity index (χ2v) is 6.94. The van der Waals surface area contributed by atoms with Gasteiger partial charge in [0.2, 0.25) is 5.89 Å². The van der Waals surface area contributed by atoms with E-state index < -0.39 is 5.54 Å². The van der Waals surface area contributed by atoms with Crippen LogP contribution in [0.25, 0.3) is 0 Å². The quantitative estimate of drug-likeness (QED) is 0.859. The molecule has 5 nitrogen and oxygen atoms in total. The molecule has 0 radical (unpaired) electrons. The van der Waals surface area contributed by atoms with E-state index in [1.165, 1.54) is 0 Å². The third-order valence-corrected chi connectivity index (χ3v) is 2.91. The van der Waals surface area contributed by atoms with Gasteiger partial charge in [-0.3, -0.25) is 0 Å². The Bertz CT molecular complexity index is 394. The number of nitrogens with zero attached hydrogens (tertiary/aromatic N) is 2. The van der Waals surface area contributed by atoms with Gasteiger partial charge in [-0.05, 0) is 24.7 Å². The Hall–Kier alpha value is -0.940. The number of nitrogens with two attached hydrogens (primary N) is 1. The maximum atomic E-state index is 6.08. The standard InChI is InChI=1S/C14H27N3O2/c1-10(8-13(2,3)4)7-11-16-12(17-19-11)14(5,15)9-18-6/h10H,7-9,15H2,1-6H3. The van der Waals surface area contributed by atoms with Crippen LogP contribution in [0.2, 0.25) is 0 Å². The van der Waals surface area contributed by atoms with Gasteiger partial charge in [-0.15, -0.1) is 0 Å². The molecule has 2 unspecified atom stereocenters. The van der Waals surface area contributed by atoms with Crippen molar-refractivity contribution in [3.05, 3.63) is 11.7 Å². The van der Waals surface area contributed by atoms with E-state index in [0.29, 0.717) is 29.7 Å². The van der Waals surface area contributed by atoms with E-state index in [1.807, 2.05) is 6.92 Å². The van der Waals surface area contributed by atoms with E-state index in [1.54, 1.807) is 7.11 Å². The van der Waals surface area contributed by atoms with E-state index in [9.17, 15) is 0 Å². The van der Waals surface area contributed by atoms with Crippen LogP contribution < -0.4 is 5.73 Å². The smallest absolute Gasteiger partial charge is 0.226 e. The Balaban J connectivity index is 2.65. The van der Waals surface area contributed by atoms with Crippen LogP contribution in [0.5, 0.6) is 0 Å². The van der Waals surface area contributed by atoms with Gasteiger partial charge < -0.3 is 15.0 Å². The zero-order chi connectivity index (χ0) is 14.7.